The quantitative estimate of drug-likeness (QED) is 0.228. The number of hydrogen-bond acceptors (Lipinski definition) is 10. The second kappa shape index (κ2) is 11.3. The molecule has 16 heteroatoms. The molecule has 0 heterocycles. The number of amides is 3. The molecule has 244 valence electrons. The van der Waals surface area contributed by atoms with E-state index in [-0.39, 0.29) is 41.8 Å². The Labute approximate surface area is 258 Å². The zero-order valence-corrected chi connectivity index (χ0v) is 24.4. The number of alkyl halides is 3. The molecule has 0 aromatic heterocycles. The number of nitrogens with one attached hydrogen (secondary N) is 2. The number of fused-ring (bicyclic) bond motifs is 3. The molecule has 3 aliphatic rings. The van der Waals surface area contributed by atoms with Gasteiger partial charge in [0.05, 0.1) is 5.56 Å². The number of phenols is 1. The highest BCUT2D eigenvalue weighted by Crippen LogP contribution is 2.53. The molecule has 1 fully saturated rings. The van der Waals surface area contributed by atoms with Crippen LogP contribution in [0.3, 0.4) is 0 Å². The molecule has 2 unspecified atom stereocenters. The minimum atomic E-state index is -4.88. The number of nitrogens with zero attached hydrogens (tertiary/aromatic N) is 1. The van der Waals surface area contributed by atoms with Gasteiger partial charge in [-0.05, 0) is 54.7 Å². The lowest BCUT2D eigenvalue weighted by atomic mass is 9.59. The van der Waals surface area contributed by atoms with Crippen molar-refractivity contribution >= 4 is 40.6 Å². The number of urea groups is 1. The fraction of sp³-hybridized carbons (Fsp3) is 0.333. The SMILES string of the molecule is CN(C)c1cc(CNC(=O)Nc2ccc(OC(F)(F)F)cc2)c(O)c2c1CC1CC3CC(=O)C(C(N)=O)=C(O)[C@@]3(O)C(=O)C1=C2O. The molecule has 2 aromatic rings. The van der Waals surface area contributed by atoms with E-state index in [0.717, 1.165) is 12.1 Å². The summed E-state index contributed by atoms with van der Waals surface area (Å²) in [5.74, 6) is -7.94. The number of aliphatic hydroxyl groups excluding tert-OH is 2. The number of phenolic OH excluding ortho intramolecular Hbond substituents is 1. The van der Waals surface area contributed by atoms with Crippen LogP contribution in [-0.2, 0) is 27.3 Å². The maximum atomic E-state index is 13.8. The van der Waals surface area contributed by atoms with Crippen LogP contribution in [0.1, 0.15) is 29.5 Å². The average molecular weight is 647 g/mol. The predicted molar refractivity (Wildman–Crippen MR) is 155 cm³/mol. The Balaban J connectivity index is 1.45. The van der Waals surface area contributed by atoms with Crippen molar-refractivity contribution in [1.29, 1.82) is 0 Å². The van der Waals surface area contributed by atoms with Crippen molar-refractivity contribution in [2.45, 2.75) is 37.8 Å². The van der Waals surface area contributed by atoms with E-state index in [9.17, 15) is 52.8 Å². The van der Waals surface area contributed by atoms with E-state index in [4.69, 9.17) is 5.73 Å². The Morgan fingerprint density at radius 3 is 2.35 bits per heavy atom. The van der Waals surface area contributed by atoms with Crippen LogP contribution in [0, 0.1) is 11.8 Å². The molecule has 3 atom stereocenters. The summed E-state index contributed by atoms with van der Waals surface area (Å²) in [6, 6.07) is 5.16. The molecule has 5 rings (SSSR count). The van der Waals surface area contributed by atoms with Crippen molar-refractivity contribution in [2.24, 2.45) is 17.6 Å². The van der Waals surface area contributed by atoms with E-state index in [2.05, 4.69) is 15.4 Å². The minimum Gasteiger partial charge on any atom is -0.508 e. The fourth-order valence-corrected chi connectivity index (χ4v) is 6.35. The minimum absolute atomic E-state index is 0.0245. The molecule has 0 saturated heterocycles. The highest BCUT2D eigenvalue weighted by Gasteiger charge is 2.60. The number of ether oxygens (including phenoxy) is 1. The number of primary amides is 1. The van der Waals surface area contributed by atoms with Crippen LogP contribution in [0.15, 0.2) is 47.2 Å². The smallest absolute Gasteiger partial charge is 0.508 e. The van der Waals surface area contributed by atoms with Gasteiger partial charge in [-0.2, -0.15) is 0 Å². The number of halogens is 3. The number of rotatable bonds is 6. The Hall–Kier alpha value is -5.25. The Morgan fingerprint density at radius 1 is 1.11 bits per heavy atom. The number of benzene rings is 2. The number of anilines is 2. The Bertz CT molecular complexity index is 1730. The molecular weight excluding hydrogens is 617 g/mol. The number of aromatic hydroxyl groups is 1. The Kier molecular flexibility index (Phi) is 7.88. The van der Waals surface area contributed by atoms with E-state index in [0.29, 0.717) is 11.3 Å². The van der Waals surface area contributed by atoms with Gasteiger partial charge in [0.15, 0.2) is 11.4 Å². The summed E-state index contributed by atoms with van der Waals surface area (Å²) in [5.41, 5.74) is 2.38. The van der Waals surface area contributed by atoms with Crippen molar-refractivity contribution in [2.75, 3.05) is 24.3 Å². The summed E-state index contributed by atoms with van der Waals surface area (Å²) >= 11 is 0. The predicted octanol–water partition coefficient (Wildman–Crippen LogP) is 2.71. The lowest BCUT2D eigenvalue weighted by molar-refractivity contribution is -0.274. The molecule has 46 heavy (non-hydrogen) atoms. The highest BCUT2D eigenvalue weighted by molar-refractivity contribution is 6.22. The first-order valence-electron chi connectivity index (χ1n) is 13.9. The molecule has 2 aromatic carbocycles. The molecule has 8 N–H and O–H groups in total. The normalized spacial score (nSPS) is 22.5. The van der Waals surface area contributed by atoms with E-state index in [1.54, 1.807) is 25.1 Å². The number of ketones is 2. The summed E-state index contributed by atoms with van der Waals surface area (Å²) in [6.07, 6.45) is -5.25. The maximum Gasteiger partial charge on any atom is 0.573 e. The first-order chi connectivity index (χ1) is 21.4. The fourth-order valence-electron chi connectivity index (χ4n) is 6.35. The molecule has 3 amide bonds. The van der Waals surface area contributed by atoms with Crippen molar-refractivity contribution in [3.05, 3.63) is 63.9 Å². The number of aliphatic hydroxyl groups is 3. The molecule has 0 bridgehead atoms. The van der Waals surface area contributed by atoms with E-state index in [1.165, 1.54) is 12.1 Å². The van der Waals surface area contributed by atoms with E-state index >= 15 is 0 Å². The van der Waals surface area contributed by atoms with Crippen LogP contribution in [0.4, 0.5) is 29.3 Å². The van der Waals surface area contributed by atoms with Gasteiger partial charge in [-0.3, -0.25) is 14.4 Å². The second-order valence-corrected chi connectivity index (χ2v) is 11.4. The largest absolute Gasteiger partial charge is 0.573 e. The molecule has 13 nitrogen and oxygen atoms in total. The summed E-state index contributed by atoms with van der Waals surface area (Å²) in [6.45, 7) is -0.305. The van der Waals surface area contributed by atoms with Crippen LogP contribution in [0.5, 0.6) is 11.5 Å². The molecule has 0 aliphatic heterocycles. The first kappa shape index (κ1) is 32.2. The van der Waals surface area contributed by atoms with Gasteiger partial charge in [-0.15, -0.1) is 13.2 Å². The van der Waals surface area contributed by atoms with Crippen molar-refractivity contribution in [3.63, 3.8) is 0 Å². The van der Waals surface area contributed by atoms with Crippen LogP contribution < -0.4 is 26.0 Å². The van der Waals surface area contributed by atoms with E-state index < -0.39 is 82.3 Å². The summed E-state index contributed by atoms with van der Waals surface area (Å²) in [7, 11) is 3.38. The summed E-state index contributed by atoms with van der Waals surface area (Å²) in [5, 5.41) is 49.8. The molecule has 0 radical (unpaired) electrons. The first-order valence-corrected chi connectivity index (χ1v) is 13.9. The average Bonchev–Trinajstić information content (AvgIpc) is 2.94. The van der Waals surface area contributed by atoms with Crippen molar-refractivity contribution in [3.8, 4) is 11.5 Å². The van der Waals surface area contributed by atoms with Gasteiger partial charge >= 0.3 is 12.4 Å². The van der Waals surface area contributed by atoms with Gasteiger partial charge < -0.3 is 46.4 Å². The lowest BCUT2D eigenvalue weighted by Crippen LogP contribution is -2.58. The van der Waals surface area contributed by atoms with Crippen LogP contribution >= 0.6 is 0 Å². The number of Topliss-reactive ketones (excluding diaryl/α,β-unsaturated/α-hetero) is 2. The Morgan fingerprint density at radius 2 is 1.76 bits per heavy atom. The zero-order chi connectivity index (χ0) is 33.9. The summed E-state index contributed by atoms with van der Waals surface area (Å²) in [4.78, 5) is 52.4. The van der Waals surface area contributed by atoms with Gasteiger partial charge in [-0.25, -0.2) is 4.79 Å². The van der Waals surface area contributed by atoms with Gasteiger partial charge in [0.25, 0.3) is 5.91 Å². The third-order valence-electron chi connectivity index (χ3n) is 8.39. The topological polar surface area (TPSA) is 212 Å². The number of nitrogens with two attached hydrogens (primary N) is 1. The van der Waals surface area contributed by atoms with Gasteiger partial charge in [-0.1, -0.05) is 0 Å². The monoisotopic (exact) mass is 646 g/mol. The number of hydrogen-bond donors (Lipinski definition) is 7. The van der Waals surface area contributed by atoms with Gasteiger partial charge in [0.1, 0.15) is 28.6 Å². The zero-order valence-electron chi connectivity index (χ0n) is 24.4. The second-order valence-electron chi connectivity index (χ2n) is 11.4. The van der Waals surface area contributed by atoms with Gasteiger partial charge in [0, 0.05) is 55.5 Å². The lowest BCUT2D eigenvalue weighted by Gasteiger charge is -2.46. The van der Waals surface area contributed by atoms with Crippen LogP contribution in [0.2, 0.25) is 0 Å². The standard InChI is InChI=1S/C30H29F3N4O9/c1-37(2)18-9-13(11-35-28(44)36-15-3-5-16(6-4-15)46-30(31,32)33)23(39)21-17(18)8-12-7-14-10-19(38)22(27(34)43)26(42)29(14,45)25(41)20(12)24(21)40/h3-6,9,12,14,39-40,42,45H,7-8,10-11H2,1-2H3,(H2,34,43)(H2,35,36,44)/t12?,14?,29-/m0/s1. The molecule has 3 aliphatic carbocycles. The van der Waals surface area contributed by atoms with Crippen LogP contribution in [0.25, 0.3) is 5.76 Å². The summed E-state index contributed by atoms with van der Waals surface area (Å²) < 4.78 is 41.0. The third-order valence-corrected chi connectivity index (χ3v) is 8.39. The number of carbonyl (C=O) groups is 4. The van der Waals surface area contributed by atoms with Crippen molar-refractivity contribution < 1.29 is 57.5 Å². The highest BCUT2D eigenvalue weighted by atomic mass is 19.4. The maximum absolute atomic E-state index is 13.8. The number of carbonyl (C=O) groups excluding carboxylic acids is 4. The van der Waals surface area contributed by atoms with Crippen LogP contribution in [-0.4, -0.2) is 70.0 Å². The van der Waals surface area contributed by atoms with Gasteiger partial charge in [0.2, 0.25) is 5.78 Å². The molecule has 1 saturated carbocycles. The third kappa shape index (κ3) is 5.44. The van der Waals surface area contributed by atoms with Crippen molar-refractivity contribution in [1.82, 2.24) is 5.32 Å². The van der Waals surface area contributed by atoms with E-state index in [1.807, 2.05) is 0 Å². The molecular formula is C30H29F3N4O9. The molecule has 0 spiro atoms.